The van der Waals surface area contributed by atoms with Crippen LogP contribution in [0.15, 0.2) is 72.8 Å². The lowest BCUT2D eigenvalue weighted by Gasteiger charge is -2.21. The molecule has 0 spiro atoms. The molecule has 6 nitrogen and oxygen atoms in total. The number of ketones is 1. The Hall–Kier alpha value is -3.81. The second-order valence-corrected chi connectivity index (χ2v) is 9.86. The summed E-state index contributed by atoms with van der Waals surface area (Å²) in [6, 6.07) is 22.0. The third-order valence-electron chi connectivity index (χ3n) is 6.81. The fourth-order valence-corrected chi connectivity index (χ4v) is 4.66. The number of nitrogens with two attached hydrogens (primary N) is 2. The van der Waals surface area contributed by atoms with Crippen LogP contribution in [0.3, 0.4) is 0 Å². The Balaban J connectivity index is 1.44. The summed E-state index contributed by atoms with van der Waals surface area (Å²) in [5, 5.41) is 8.15. The van der Waals surface area contributed by atoms with Crippen LogP contribution in [0.4, 0.5) is 10.1 Å². The van der Waals surface area contributed by atoms with Crippen LogP contribution in [0.25, 0.3) is 5.69 Å². The quantitative estimate of drug-likeness (QED) is 0.214. The predicted molar refractivity (Wildman–Crippen MR) is 144 cm³/mol. The molecular weight excluding hydrogens is 465 g/mol. The molecule has 0 bridgehead atoms. The molecule has 1 aliphatic carbocycles. The molecule has 4 aromatic rings. The standard InChI is InChI=1S/C30H32FN5O/c1-19-12-28(36(35-19)26-7-2-4-21(13-26)17-32)29(37)16-24-14-23(10-11-27(24)31)30(34-18-20-8-9-20)22-5-3-6-25(33)15-22/h2-7,10-15,20,30,34H,8-9,16-18,32-33H2,1H3. The van der Waals surface area contributed by atoms with Crippen molar-refractivity contribution in [3.63, 3.8) is 0 Å². The number of aryl methyl sites for hydroxylation is 1. The van der Waals surface area contributed by atoms with Crippen molar-refractivity contribution in [2.75, 3.05) is 12.3 Å². The largest absolute Gasteiger partial charge is 0.399 e. The highest BCUT2D eigenvalue weighted by atomic mass is 19.1. The van der Waals surface area contributed by atoms with Crippen LogP contribution >= 0.6 is 0 Å². The Morgan fingerprint density at radius 2 is 1.86 bits per heavy atom. The van der Waals surface area contributed by atoms with Gasteiger partial charge in [-0.2, -0.15) is 5.10 Å². The fourth-order valence-electron chi connectivity index (χ4n) is 4.66. The number of halogens is 1. The molecule has 1 unspecified atom stereocenters. The van der Waals surface area contributed by atoms with Crippen LogP contribution in [0.5, 0.6) is 0 Å². The second kappa shape index (κ2) is 10.7. The van der Waals surface area contributed by atoms with Crippen molar-refractivity contribution in [3.8, 4) is 5.69 Å². The van der Waals surface area contributed by atoms with Gasteiger partial charge in [-0.15, -0.1) is 0 Å². The molecule has 1 heterocycles. The van der Waals surface area contributed by atoms with Gasteiger partial charge in [-0.05, 0) is 90.9 Å². The predicted octanol–water partition coefficient (Wildman–Crippen LogP) is 4.88. The maximum Gasteiger partial charge on any atom is 0.185 e. The minimum absolute atomic E-state index is 0.0757. The number of aromatic nitrogens is 2. The number of anilines is 1. The highest BCUT2D eigenvalue weighted by molar-refractivity contribution is 5.96. The lowest BCUT2D eigenvalue weighted by Crippen LogP contribution is -2.25. The van der Waals surface area contributed by atoms with Crippen molar-refractivity contribution in [3.05, 3.63) is 112 Å². The summed E-state index contributed by atoms with van der Waals surface area (Å²) in [4.78, 5) is 13.5. The molecule has 37 heavy (non-hydrogen) atoms. The van der Waals surface area contributed by atoms with Gasteiger partial charge in [0, 0.05) is 18.7 Å². The zero-order chi connectivity index (χ0) is 25.9. The summed E-state index contributed by atoms with van der Waals surface area (Å²) in [6.45, 7) is 3.10. The van der Waals surface area contributed by atoms with E-state index in [2.05, 4.69) is 10.4 Å². The molecule has 0 radical (unpaired) electrons. The summed E-state index contributed by atoms with van der Waals surface area (Å²) in [5.41, 5.74) is 17.6. The first-order valence-corrected chi connectivity index (χ1v) is 12.7. The second-order valence-electron chi connectivity index (χ2n) is 9.86. The van der Waals surface area contributed by atoms with Crippen molar-refractivity contribution < 1.29 is 9.18 Å². The number of nitrogens with zero attached hydrogens (tertiary/aromatic N) is 2. The highest BCUT2D eigenvalue weighted by Crippen LogP contribution is 2.31. The van der Waals surface area contributed by atoms with Gasteiger partial charge in [0.2, 0.25) is 0 Å². The van der Waals surface area contributed by atoms with Crippen molar-refractivity contribution in [1.82, 2.24) is 15.1 Å². The number of hydrogen-bond donors (Lipinski definition) is 3. The van der Waals surface area contributed by atoms with E-state index in [-0.39, 0.29) is 18.2 Å². The molecule has 0 aliphatic heterocycles. The van der Waals surface area contributed by atoms with Gasteiger partial charge in [0.1, 0.15) is 11.5 Å². The Morgan fingerprint density at radius 3 is 2.62 bits per heavy atom. The van der Waals surface area contributed by atoms with Gasteiger partial charge in [-0.1, -0.05) is 36.4 Å². The summed E-state index contributed by atoms with van der Waals surface area (Å²) in [5.74, 6) is 0.0612. The lowest BCUT2D eigenvalue weighted by molar-refractivity contribution is 0.0984. The summed E-state index contributed by atoms with van der Waals surface area (Å²) >= 11 is 0. The van der Waals surface area contributed by atoms with Crippen molar-refractivity contribution in [1.29, 1.82) is 0 Å². The smallest absolute Gasteiger partial charge is 0.185 e. The molecule has 5 N–H and O–H groups in total. The van der Waals surface area contributed by atoms with Gasteiger partial charge in [-0.3, -0.25) is 4.79 Å². The molecule has 1 aliphatic rings. The summed E-state index contributed by atoms with van der Waals surface area (Å²) in [7, 11) is 0. The van der Waals surface area contributed by atoms with Gasteiger partial charge in [0.25, 0.3) is 0 Å². The third-order valence-corrected chi connectivity index (χ3v) is 6.81. The summed E-state index contributed by atoms with van der Waals surface area (Å²) < 4.78 is 16.6. The van der Waals surface area contributed by atoms with E-state index in [0.29, 0.717) is 35.1 Å². The maximum absolute atomic E-state index is 15.0. The van der Waals surface area contributed by atoms with E-state index in [0.717, 1.165) is 28.9 Å². The first-order chi connectivity index (χ1) is 17.9. The van der Waals surface area contributed by atoms with E-state index in [1.165, 1.54) is 18.9 Å². The number of nitrogens with one attached hydrogen (secondary N) is 1. The van der Waals surface area contributed by atoms with Crippen molar-refractivity contribution >= 4 is 11.5 Å². The number of Topliss-reactive ketones (excluding diaryl/α,β-unsaturated/α-hetero) is 1. The van der Waals surface area contributed by atoms with E-state index in [1.54, 1.807) is 22.9 Å². The number of carbonyl (C=O) groups is 1. The molecule has 1 fully saturated rings. The van der Waals surface area contributed by atoms with Crippen LogP contribution in [-0.4, -0.2) is 22.1 Å². The SMILES string of the molecule is Cc1cc(C(=O)Cc2cc(C(NCC3CC3)c3cccc(N)c3)ccc2F)n(-c2cccc(CN)c2)n1. The number of benzene rings is 3. The van der Waals surface area contributed by atoms with Gasteiger partial charge >= 0.3 is 0 Å². The van der Waals surface area contributed by atoms with E-state index >= 15 is 0 Å². The highest BCUT2D eigenvalue weighted by Gasteiger charge is 2.25. The van der Waals surface area contributed by atoms with Crippen LogP contribution in [0.1, 0.15) is 57.3 Å². The third kappa shape index (κ3) is 5.79. The lowest BCUT2D eigenvalue weighted by atomic mass is 9.94. The van der Waals surface area contributed by atoms with Crippen LogP contribution < -0.4 is 16.8 Å². The first kappa shape index (κ1) is 24.9. The van der Waals surface area contributed by atoms with Gasteiger partial charge in [-0.25, -0.2) is 9.07 Å². The summed E-state index contributed by atoms with van der Waals surface area (Å²) in [6.07, 6.45) is 2.37. The molecule has 1 aromatic heterocycles. The molecule has 0 saturated heterocycles. The minimum Gasteiger partial charge on any atom is -0.399 e. The number of hydrogen-bond acceptors (Lipinski definition) is 5. The minimum atomic E-state index is -0.404. The van der Waals surface area contributed by atoms with Crippen molar-refractivity contribution in [2.24, 2.45) is 11.7 Å². The van der Waals surface area contributed by atoms with E-state index < -0.39 is 5.82 Å². The van der Waals surface area contributed by atoms with E-state index in [9.17, 15) is 9.18 Å². The first-order valence-electron chi connectivity index (χ1n) is 12.7. The Labute approximate surface area is 216 Å². The zero-order valence-electron chi connectivity index (χ0n) is 21.0. The molecule has 5 rings (SSSR count). The van der Waals surface area contributed by atoms with E-state index in [1.807, 2.05) is 55.5 Å². The maximum atomic E-state index is 15.0. The average molecular weight is 498 g/mol. The van der Waals surface area contributed by atoms with Gasteiger partial charge < -0.3 is 16.8 Å². The molecule has 3 aromatic carbocycles. The monoisotopic (exact) mass is 497 g/mol. The van der Waals surface area contributed by atoms with Crippen molar-refractivity contribution in [2.45, 2.75) is 38.8 Å². The topological polar surface area (TPSA) is 99.0 Å². The fraction of sp³-hybridized carbons (Fsp3) is 0.267. The van der Waals surface area contributed by atoms with Crippen LogP contribution in [0.2, 0.25) is 0 Å². The molecule has 7 heteroatoms. The molecule has 190 valence electrons. The van der Waals surface area contributed by atoms with Crippen LogP contribution in [-0.2, 0) is 13.0 Å². The van der Waals surface area contributed by atoms with Gasteiger partial charge in [0.15, 0.2) is 5.78 Å². The van der Waals surface area contributed by atoms with Crippen LogP contribution in [0, 0.1) is 18.7 Å². The number of nitrogen functional groups attached to an aromatic ring is 1. The zero-order valence-corrected chi connectivity index (χ0v) is 21.0. The molecule has 1 saturated carbocycles. The Morgan fingerprint density at radius 1 is 1.08 bits per heavy atom. The van der Waals surface area contributed by atoms with E-state index in [4.69, 9.17) is 11.5 Å². The normalized spacial score (nSPS) is 14.0. The molecular formula is C30H32FN5O. The molecule has 1 atom stereocenters. The van der Waals surface area contributed by atoms with Gasteiger partial charge in [0.05, 0.1) is 17.4 Å². The Bertz CT molecular complexity index is 1430. The Kier molecular flexibility index (Phi) is 7.17. The molecule has 0 amide bonds. The average Bonchev–Trinajstić information content (AvgIpc) is 3.64. The number of carbonyl (C=O) groups excluding carboxylic acids is 1. The number of rotatable bonds is 10.